The topological polar surface area (TPSA) is 74.6 Å². The lowest BCUT2D eigenvalue weighted by atomic mass is 9.34. The van der Waals surface area contributed by atoms with Gasteiger partial charge < -0.3 is 15.0 Å². The minimum Gasteiger partial charge on any atom is -0.393 e. The van der Waals surface area contributed by atoms with Crippen LogP contribution in [0.2, 0.25) is 0 Å². The van der Waals surface area contributed by atoms with Gasteiger partial charge in [0.25, 0.3) is 0 Å². The van der Waals surface area contributed by atoms with Crippen LogP contribution in [0.4, 0.5) is 0 Å². The van der Waals surface area contributed by atoms with E-state index in [1.807, 2.05) is 6.92 Å². The third kappa shape index (κ3) is 2.71. The smallest absolute Gasteiger partial charge is 0.136 e. The Labute approximate surface area is 182 Å². The molecule has 0 amide bonds. The number of aliphatic hydroxyl groups excluding tert-OH is 2. The predicted molar refractivity (Wildman–Crippen MR) is 117 cm³/mol. The molecule has 0 bridgehead atoms. The standard InChI is InChI=1S/C26H42O4/c1-15(28)22-16(14-27)26(6)20(12-17(22)29)25(5)11-8-18-23(2,3)9-7-10-24(18,4)19(25)13-21(26)30/h14,16-22,29-30H,7-13H2,1-6H3/t16-,17-,18-,19+,20-,21+,22?,24-,25+,26+/m0/s1. The molecule has 2 N–H and O–H groups in total. The molecule has 0 aromatic heterocycles. The molecular weight excluding hydrogens is 376 g/mol. The fourth-order valence-electron chi connectivity index (χ4n) is 9.81. The molecule has 0 aromatic carbocycles. The van der Waals surface area contributed by atoms with Crippen molar-refractivity contribution in [2.75, 3.05) is 0 Å². The number of aldehydes is 1. The first-order valence-corrected chi connectivity index (χ1v) is 12.2. The van der Waals surface area contributed by atoms with E-state index in [4.69, 9.17) is 0 Å². The summed E-state index contributed by atoms with van der Waals surface area (Å²) in [5.74, 6) is -0.381. The molecule has 4 saturated carbocycles. The molecule has 4 rings (SSSR count). The SMILES string of the molecule is CC(=O)C1[C@@H](O)C[C@H]2[C@]3(C)CC[C@H]4C(C)(C)CCC[C@]4(C)[C@H]3C[C@@H](O)[C@]2(C)[C@H]1C=O. The lowest BCUT2D eigenvalue weighted by Crippen LogP contribution is -2.69. The van der Waals surface area contributed by atoms with Crippen LogP contribution in [0.25, 0.3) is 0 Å². The normalized spacial score (nSPS) is 55.0. The zero-order valence-electron chi connectivity index (χ0n) is 19.8. The van der Waals surface area contributed by atoms with Gasteiger partial charge in [-0.2, -0.15) is 0 Å². The van der Waals surface area contributed by atoms with Gasteiger partial charge >= 0.3 is 0 Å². The first kappa shape index (κ1) is 22.5. The van der Waals surface area contributed by atoms with E-state index in [0.29, 0.717) is 30.1 Å². The molecule has 0 saturated heterocycles. The summed E-state index contributed by atoms with van der Waals surface area (Å²) in [5, 5.41) is 22.6. The fraction of sp³-hybridized carbons (Fsp3) is 0.923. The first-order valence-electron chi connectivity index (χ1n) is 12.2. The number of hydrogen-bond donors (Lipinski definition) is 2. The van der Waals surface area contributed by atoms with Gasteiger partial charge in [-0.1, -0.05) is 41.0 Å². The summed E-state index contributed by atoms with van der Waals surface area (Å²) in [5.41, 5.74) is -0.195. The average molecular weight is 419 g/mol. The number of ketones is 1. The number of carbonyl (C=O) groups excluding carboxylic acids is 2. The van der Waals surface area contributed by atoms with E-state index in [0.717, 1.165) is 12.7 Å². The number of carbonyl (C=O) groups is 2. The Morgan fingerprint density at radius 2 is 1.53 bits per heavy atom. The minimum absolute atomic E-state index is 0.0311. The van der Waals surface area contributed by atoms with Crippen LogP contribution in [0.3, 0.4) is 0 Å². The van der Waals surface area contributed by atoms with Crippen molar-refractivity contribution < 1.29 is 19.8 Å². The highest BCUT2D eigenvalue weighted by molar-refractivity contribution is 5.83. The van der Waals surface area contributed by atoms with Gasteiger partial charge in [0, 0.05) is 11.3 Å². The van der Waals surface area contributed by atoms with E-state index in [2.05, 4.69) is 27.7 Å². The van der Waals surface area contributed by atoms with Crippen molar-refractivity contribution in [3.8, 4) is 0 Å². The highest BCUT2D eigenvalue weighted by atomic mass is 16.3. The van der Waals surface area contributed by atoms with Crippen molar-refractivity contribution >= 4 is 12.1 Å². The summed E-state index contributed by atoms with van der Waals surface area (Å²) < 4.78 is 0. The van der Waals surface area contributed by atoms with Crippen molar-refractivity contribution in [2.24, 2.45) is 51.2 Å². The maximum atomic E-state index is 12.4. The van der Waals surface area contributed by atoms with Gasteiger partial charge in [0.1, 0.15) is 12.1 Å². The van der Waals surface area contributed by atoms with Gasteiger partial charge in [0.15, 0.2) is 0 Å². The molecule has 4 aliphatic carbocycles. The quantitative estimate of drug-likeness (QED) is 0.652. The molecule has 4 fully saturated rings. The van der Waals surface area contributed by atoms with E-state index in [-0.39, 0.29) is 22.5 Å². The minimum atomic E-state index is -0.799. The maximum Gasteiger partial charge on any atom is 0.136 e. The van der Waals surface area contributed by atoms with E-state index in [1.165, 1.54) is 32.6 Å². The molecular formula is C26H42O4. The van der Waals surface area contributed by atoms with Gasteiger partial charge in [-0.15, -0.1) is 0 Å². The summed E-state index contributed by atoms with van der Waals surface area (Å²) >= 11 is 0. The van der Waals surface area contributed by atoms with Crippen LogP contribution in [0.1, 0.15) is 86.5 Å². The highest BCUT2D eigenvalue weighted by Gasteiger charge is 2.70. The Kier molecular flexibility index (Phi) is 5.15. The van der Waals surface area contributed by atoms with Crippen LogP contribution < -0.4 is 0 Å². The van der Waals surface area contributed by atoms with Crippen LogP contribution in [0, 0.1) is 51.2 Å². The maximum absolute atomic E-state index is 12.4. The number of fused-ring (bicyclic) bond motifs is 5. The zero-order chi connectivity index (χ0) is 22.3. The molecule has 1 unspecified atom stereocenters. The Morgan fingerprint density at radius 3 is 2.13 bits per heavy atom. The van der Waals surface area contributed by atoms with Crippen LogP contribution in [0.15, 0.2) is 0 Å². The molecule has 10 atom stereocenters. The second-order valence-electron chi connectivity index (χ2n) is 12.8. The van der Waals surface area contributed by atoms with E-state index < -0.39 is 29.5 Å². The lowest BCUT2D eigenvalue weighted by molar-refractivity contribution is -0.256. The monoisotopic (exact) mass is 418 g/mol. The zero-order valence-corrected chi connectivity index (χ0v) is 19.8. The van der Waals surface area contributed by atoms with Crippen LogP contribution >= 0.6 is 0 Å². The van der Waals surface area contributed by atoms with Crippen molar-refractivity contribution in [3.05, 3.63) is 0 Å². The van der Waals surface area contributed by atoms with Crippen LogP contribution in [-0.4, -0.2) is 34.5 Å². The van der Waals surface area contributed by atoms with E-state index >= 15 is 0 Å². The van der Waals surface area contributed by atoms with Gasteiger partial charge in [0.2, 0.25) is 0 Å². The third-order valence-corrected chi connectivity index (χ3v) is 11.2. The van der Waals surface area contributed by atoms with Crippen molar-refractivity contribution in [1.29, 1.82) is 0 Å². The predicted octanol–water partition coefficient (Wildman–Crippen LogP) is 4.41. The molecule has 0 aromatic rings. The van der Waals surface area contributed by atoms with Crippen molar-refractivity contribution in [1.82, 2.24) is 0 Å². The second-order valence-corrected chi connectivity index (χ2v) is 12.8. The third-order valence-electron chi connectivity index (χ3n) is 11.2. The van der Waals surface area contributed by atoms with Gasteiger partial charge in [-0.25, -0.2) is 0 Å². The van der Waals surface area contributed by atoms with Crippen LogP contribution in [0.5, 0.6) is 0 Å². The summed E-state index contributed by atoms with van der Waals surface area (Å²) in [6.45, 7) is 13.2. The van der Waals surface area contributed by atoms with Crippen LogP contribution in [-0.2, 0) is 9.59 Å². The molecule has 4 heteroatoms. The Hall–Kier alpha value is -0.740. The number of Topliss-reactive ketones (excluding diaryl/α,β-unsaturated/α-hetero) is 1. The molecule has 4 nitrogen and oxygen atoms in total. The Morgan fingerprint density at radius 1 is 0.900 bits per heavy atom. The number of aliphatic hydroxyl groups is 2. The highest BCUT2D eigenvalue weighted by Crippen LogP contribution is 2.73. The van der Waals surface area contributed by atoms with Gasteiger partial charge in [-0.05, 0) is 79.4 Å². The second kappa shape index (κ2) is 6.88. The summed E-state index contributed by atoms with van der Waals surface area (Å²) in [4.78, 5) is 24.7. The molecule has 0 heterocycles. The summed E-state index contributed by atoms with van der Waals surface area (Å²) in [6, 6.07) is 0. The van der Waals surface area contributed by atoms with Gasteiger partial charge in [-0.3, -0.25) is 4.79 Å². The fourth-order valence-corrected chi connectivity index (χ4v) is 9.81. The number of rotatable bonds is 2. The molecule has 4 aliphatic rings. The summed E-state index contributed by atoms with van der Waals surface area (Å²) in [6.07, 6.45) is 6.63. The van der Waals surface area contributed by atoms with Gasteiger partial charge in [0.05, 0.1) is 18.1 Å². The molecule has 0 radical (unpaired) electrons. The Bertz CT molecular complexity index is 731. The molecule has 0 aliphatic heterocycles. The van der Waals surface area contributed by atoms with Crippen molar-refractivity contribution in [3.63, 3.8) is 0 Å². The molecule has 30 heavy (non-hydrogen) atoms. The van der Waals surface area contributed by atoms with E-state index in [9.17, 15) is 19.8 Å². The Balaban J connectivity index is 1.80. The largest absolute Gasteiger partial charge is 0.393 e. The first-order chi connectivity index (χ1) is 13.8. The number of hydrogen-bond acceptors (Lipinski definition) is 4. The lowest BCUT2D eigenvalue weighted by Gasteiger charge is -2.71. The molecule has 0 spiro atoms. The van der Waals surface area contributed by atoms with Crippen molar-refractivity contribution in [2.45, 2.75) is 98.7 Å². The average Bonchev–Trinajstić information content (AvgIpc) is 2.63. The summed E-state index contributed by atoms with van der Waals surface area (Å²) in [7, 11) is 0. The van der Waals surface area contributed by atoms with E-state index in [1.54, 1.807) is 0 Å². The molecule has 170 valence electrons.